The molecule has 1 heterocycles. The van der Waals surface area contributed by atoms with Crippen LogP contribution in [0.4, 0.5) is 11.4 Å². The lowest BCUT2D eigenvalue weighted by molar-refractivity contribution is -0.129. The van der Waals surface area contributed by atoms with Gasteiger partial charge in [-0.05, 0) is 53.4 Å². The third-order valence-corrected chi connectivity index (χ3v) is 3.41. The standard InChI is InChI=1S/C12H15BrN2O2/c13-9-5-4-8(14)7-10(9)15-12(16)11-3-1-2-6-17-11/h4-5,7,11H,1-3,6,14H2,(H,15,16). The molecule has 1 aliphatic rings. The van der Waals surface area contributed by atoms with Crippen molar-refractivity contribution in [2.45, 2.75) is 25.4 Å². The van der Waals surface area contributed by atoms with Gasteiger partial charge in [-0.15, -0.1) is 0 Å². The van der Waals surface area contributed by atoms with E-state index >= 15 is 0 Å². The highest BCUT2D eigenvalue weighted by molar-refractivity contribution is 9.10. The number of rotatable bonds is 2. The number of hydrogen-bond donors (Lipinski definition) is 2. The summed E-state index contributed by atoms with van der Waals surface area (Å²) >= 11 is 3.37. The lowest BCUT2D eigenvalue weighted by Gasteiger charge is -2.22. The van der Waals surface area contributed by atoms with Crippen LogP contribution in [0.3, 0.4) is 0 Å². The summed E-state index contributed by atoms with van der Waals surface area (Å²) in [5.74, 6) is -0.101. The number of benzene rings is 1. The van der Waals surface area contributed by atoms with Crippen LogP contribution >= 0.6 is 15.9 Å². The summed E-state index contributed by atoms with van der Waals surface area (Å²) in [5.41, 5.74) is 6.98. The van der Waals surface area contributed by atoms with Crippen LogP contribution in [0.25, 0.3) is 0 Å². The van der Waals surface area contributed by atoms with Gasteiger partial charge in [-0.25, -0.2) is 0 Å². The maximum Gasteiger partial charge on any atom is 0.253 e. The first kappa shape index (κ1) is 12.4. The molecule has 1 aliphatic heterocycles. The first-order valence-corrected chi connectivity index (χ1v) is 6.43. The monoisotopic (exact) mass is 298 g/mol. The molecular formula is C12H15BrN2O2. The zero-order valence-electron chi connectivity index (χ0n) is 9.41. The Hall–Kier alpha value is -1.07. The number of carbonyl (C=O) groups excluding carboxylic acids is 1. The zero-order valence-corrected chi connectivity index (χ0v) is 11.0. The molecule has 0 aromatic heterocycles. The molecule has 1 amide bonds. The minimum Gasteiger partial charge on any atom is -0.399 e. The number of carbonyl (C=O) groups is 1. The van der Waals surface area contributed by atoms with Gasteiger partial charge in [0.05, 0.1) is 5.69 Å². The van der Waals surface area contributed by atoms with E-state index < -0.39 is 0 Å². The van der Waals surface area contributed by atoms with E-state index in [1.165, 1.54) is 0 Å². The summed E-state index contributed by atoms with van der Waals surface area (Å²) in [7, 11) is 0. The Balaban J connectivity index is 2.04. The van der Waals surface area contributed by atoms with Crippen molar-refractivity contribution in [1.29, 1.82) is 0 Å². The van der Waals surface area contributed by atoms with Crippen LogP contribution in [0, 0.1) is 0 Å². The van der Waals surface area contributed by atoms with Crippen LogP contribution in [0.1, 0.15) is 19.3 Å². The molecule has 0 saturated carbocycles. The van der Waals surface area contributed by atoms with Gasteiger partial charge in [0.15, 0.2) is 0 Å². The largest absolute Gasteiger partial charge is 0.399 e. The minimum absolute atomic E-state index is 0.101. The maximum absolute atomic E-state index is 11.9. The predicted molar refractivity (Wildman–Crippen MR) is 70.8 cm³/mol. The first-order valence-electron chi connectivity index (χ1n) is 5.64. The van der Waals surface area contributed by atoms with Crippen LogP contribution in [-0.4, -0.2) is 18.6 Å². The van der Waals surface area contributed by atoms with Crippen molar-refractivity contribution in [1.82, 2.24) is 0 Å². The molecule has 1 unspecified atom stereocenters. The fraction of sp³-hybridized carbons (Fsp3) is 0.417. The molecule has 3 N–H and O–H groups in total. The molecule has 17 heavy (non-hydrogen) atoms. The molecule has 1 atom stereocenters. The number of ether oxygens (including phenoxy) is 1. The quantitative estimate of drug-likeness (QED) is 0.825. The first-order chi connectivity index (χ1) is 8.16. The maximum atomic E-state index is 11.9. The summed E-state index contributed by atoms with van der Waals surface area (Å²) in [6.07, 6.45) is 2.52. The molecular weight excluding hydrogens is 284 g/mol. The van der Waals surface area contributed by atoms with E-state index in [2.05, 4.69) is 21.2 Å². The van der Waals surface area contributed by atoms with Crippen LogP contribution in [0.5, 0.6) is 0 Å². The summed E-state index contributed by atoms with van der Waals surface area (Å²) in [6.45, 7) is 0.663. The molecule has 4 nitrogen and oxygen atoms in total. The number of hydrogen-bond acceptors (Lipinski definition) is 3. The summed E-state index contributed by atoms with van der Waals surface area (Å²) < 4.78 is 6.24. The van der Waals surface area contributed by atoms with E-state index in [-0.39, 0.29) is 12.0 Å². The van der Waals surface area contributed by atoms with Crippen LogP contribution in [0.15, 0.2) is 22.7 Å². The van der Waals surface area contributed by atoms with Gasteiger partial charge in [0.25, 0.3) is 5.91 Å². The topological polar surface area (TPSA) is 64.3 Å². The summed E-state index contributed by atoms with van der Waals surface area (Å²) in [5, 5.41) is 2.83. The van der Waals surface area contributed by atoms with Gasteiger partial charge in [-0.2, -0.15) is 0 Å². The van der Waals surface area contributed by atoms with Gasteiger partial charge in [0.1, 0.15) is 6.10 Å². The highest BCUT2D eigenvalue weighted by Gasteiger charge is 2.22. The number of halogens is 1. The summed E-state index contributed by atoms with van der Waals surface area (Å²) in [4.78, 5) is 11.9. The highest BCUT2D eigenvalue weighted by Crippen LogP contribution is 2.25. The molecule has 0 radical (unpaired) electrons. The molecule has 1 aromatic carbocycles. The second-order valence-electron chi connectivity index (χ2n) is 4.08. The van der Waals surface area contributed by atoms with Crippen molar-refractivity contribution in [3.8, 4) is 0 Å². The van der Waals surface area contributed by atoms with Crippen molar-refractivity contribution in [3.05, 3.63) is 22.7 Å². The van der Waals surface area contributed by atoms with Crippen molar-refractivity contribution in [3.63, 3.8) is 0 Å². The Morgan fingerprint density at radius 2 is 2.29 bits per heavy atom. The van der Waals surface area contributed by atoms with Crippen molar-refractivity contribution in [2.24, 2.45) is 0 Å². The van der Waals surface area contributed by atoms with E-state index in [0.717, 1.165) is 23.7 Å². The predicted octanol–water partition coefficient (Wildman–Crippen LogP) is 2.54. The van der Waals surface area contributed by atoms with Gasteiger partial charge >= 0.3 is 0 Å². The second-order valence-corrected chi connectivity index (χ2v) is 4.94. The SMILES string of the molecule is Nc1ccc(Br)c(NC(=O)C2CCCCO2)c1. The fourth-order valence-electron chi connectivity index (χ4n) is 1.80. The third-order valence-electron chi connectivity index (χ3n) is 2.72. The Morgan fingerprint density at radius 1 is 1.47 bits per heavy atom. The minimum atomic E-state index is -0.336. The Labute approximate surface area is 109 Å². The average Bonchev–Trinajstić information content (AvgIpc) is 2.35. The summed E-state index contributed by atoms with van der Waals surface area (Å²) in [6, 6.07) is 5.31. The fourth-order valence-corrected chi connectivity index (χ4v) is 2.15. The van der Waals surface area contributed by atoms with Gasteiger partial charge in [0, 0.05) is 16.8 Å². The number of nitrogens with two attached hydrogens (primary N) is 1. The zero-order chi connectivity index (χ0) is 12.3. The van der Waals surface area contributed by atoms with E-state index in [1.807, 2.05) is 6.07 Å². The molecule has 0 spiro atoms. The van der Waals surface area contributed by atoms with Gasteiger partial charge < -0.3 is 15.8 Å². The Kier molecular flexibility index (Phi) is 4.02. The Bertz CT molecular complexity index is 417. The van der Waals surface area contributed by atoms with Crippen LogP contribution in [-0.2, 0) is 9.53 Å². The van der Waals surface area contributed by atoms with Crippen molar-refractivity contribution < 1.29 is 9.53 Å². The molecule has 5 heteroatoms. The molecule has 1 aromatic rings. The molecule has 1 saturated heterocycles. The molecule has 2 rings (SSSR count). The van der Waals surface area contributed by atoms with E-state index in [1.54, 1.807) is 12.1 Å². The van der Waals surface area contributed by atoms with Crippen molar-refractivity contribution >= 4 is 33.2 Å². The van der Waals surface area contributed by atoms with E-state index in [9.17, 15) is 4.79 Å². The van der Waals surface area contributed by atoms with Crippen LogP contribution in [0.2, 0.25) is 0 Å². The Morgan fingerprint density at radius 3 is 3.00 bits per heavy atom. The van der Waals surface area contributed by atoms with Crippen LogP contribution < -0.4 is 11.1 Å². The number of anilines is 2. The van der Waals surface area contributed by atoms with Gasteiger partial charge in [-0.3, -0.25) is 4.79 Å². The van der Waals surface area contributed by atoms with E-state index in [4.69, 9.17) is 10.5 Å². The van der Waals surface area contributed by atoms with E-state index in [0.29, 0.717) is 18.0 Å². The molecule has 0 aliphatic carbocycles. The second kappa shape index (κ2) is 5.51. The molecule has 0 bridgehead atoms. The third kappa shape index (κ3) is 3.20. The molecule has 92 valence electrons. The van der Waals surface area contributed by atoms with Crippen molar-refractivity contribution in [2.75, 3.05) is 17.7 Å². The highest BCUT2D eigenvalue weighted by atomic mass is 79.9. The number of nitrogen functional groups attached to an aromatic ring is 1. The number of nitrogens with one attached hydrogen (secondary N) is 1. The smallest absolute Gasteiger partial charge is 0.253 e. The lowest BCUT2D eigenvalue weighted by atomic mass is 10.1. The van der Waals surface area contributed by atoms with Gasteiger partial charge in [-0.1, -0.05) is 0 Å². The lowest BCUT2D eigenvalue weighted by Crippen LogP contribution is -2.33. The molecule has 1 fully saturated rings. The average molecular weight is 299 g/mol. The normalized spacial score (nSPS) is 19.9. The number of amides is 1. The van der Waals surface area contributed by atoms with Gasteiger partial charge in [0.2, 0.25) is 0 Å².